The number of rotatable bonds is 10. The van der Waals surface area contributed by atoms with Gasteiger partial charge in [-0.1, -0.05) is 66.4 Å². The summed E-state index contributed by atoms with van der Waals surface area (Å²) in [4.78, 5) is 28.6. The molecule has 1 aliphatic carbocycles. The molecule has 0 spiro atoms. The van der Waals surface area contributed by atoms with Crippen molar-refractivity contribution in [1.82, 2.24) is 10.2 Å². The third-order valence-corrected chi connectivity index (χ3v) is 9.75. The SMILES string of the molecule is Cc1ccc(S(=O)(=O)N(CC(=O)N(Cc2ccccc2F)C(C)C(=O)NC2CCCC2)c2cccc(Cl)c2C)cc1. The van der Waals surface area contributed by atoms with Crippen LogP contribution in [0.2, 0.25) is 5.02 Å². The Morgan fingerprint density at radius 1 is 1.00 bits per heavy atom. The first-order valence-electron chi connectivity index (χ1n) is 13.7. The van der Waals surface area contributed by atoms with Gasteiger partial charge in [0.05, 0.1) is 10.6 Å². The van der Waals surface area contributed by atoms with Gasteiger partial charge in [-0.25, -0.2) is 12.8 Å². The quantitative estimate of drug-likeness (QED) is 0.321. The largest absolute Gasteiger partial charge is 0.352 e. The number of sulfonamides is 1. The fraction of sp³-hybridized carbons (Fsp3) is 0.355. The Morgan fingerprint density at radius 3 is 2.32 bits per heavy atom. The number of halogens is 2. The van der Waals surface area contributed by atoms with Gasteiger partial charge in [0.2, 0.25) is 11.8 Å². The van der Waals surface area contributed by atoms with Crippen molar-refractivity contribution in [1.29, 1.82) is 0 Å². The Bertz CT molecular complexity index is 1510. The highest BCUT2D eigenvalue weighted by Gasteiger charge is 2.34. The number of aryl methyl sites for hydroxylation is 1. The smallest absolute Gasteiger partial charge is 0.264 e. The third kappa shape index (κ3) is 7.08. The van der Waals surface area contributed by atoms with E-state index in [0.29, 0.717) is 10.6 Å². The molecule has 7 nitrogen and oxygen atoms in total. The van der Waals surface area contributed by atoms with E-state index in [2.05, 4.69) is 5.32 Å². The van der Waals surface area contributed by atoms with Gasteiger partial charge in [-0.05, 0) is 69.5 Å². The number of amides is 2. The molecule has 0 bridgehead atoms. The summed E-state index contributed by atoms with van der Waals surface area (Å²) in [6.45, 7) is 4.27. The maximum atomic E-state index is 14.7. The topological polar surface area (TPSA) is 86.8 Å². The Labute approximate surface area is 246 Å². The predicted molar refractivity (Wildman–Crippen MR) is 159 cm³/mol. The summed E-state index contributed by atoms with van der Waals surface area (Å²) in [6.07, 6.45) is 3.75. The highest BCUT2D eigenvalue weighted by Crippen LogP contribution is 2.31. The van der Waals surface area contributed by atoms with Gasteiger partial charge in [0.25, 0.3) is 10.0 Å². The summed E-state index contributed by atoms with van der Waals surface area (Å²) < 4.78 is 43.7. The maximum Gasteiger partial charge on any atom is 0.264 e. The van der Waals surface area contributed by atoms with Crippen LogP contribution in [0.1, 0.15) is 49.3 Å². The van der Waals surface area contributed by atoms with Crippen LogP contribution in [0.25, 0.3) is 0 Å². The first-order valence-corrected chi connectivity index (χ1v) is 15.5. The summed E-state index contributed by atoms with van der Waals surface area (Å²) in [7, 11) is -4.23. The third-order valence-electron chi connectivity index (χ3n) is 7.56. The average Bonchev–Trinajstić information content (AvgIpc) is 3.45. The fourth-order valence-electron chi connectivity index (χ4n) is 5.00. The van der Waals surface area contributed by atoms with E-state index in [-0.39, 0.29) is 34.6 Å². The lowest BCUT2D eigenvalue weighted by Crippen LogP contribution is -2.52. The fourth-order valence-corrected chi connectivity index (χ4v) is 6.64. The zero-order valence-corrected chi connectivity index (χ0v) is 25.0. The van der Waals surface area contributed by atoms with Crippen LogP contribution in [0, 0.1) is 19.7 Å². The van der Waals surface area contributed by atoms with E-state index in [4.69, 9.17) is 11.6 Å². The summed E-state index contributed by atoms with van der Waals surface area (Å²) in [6, 6.07) is 16.2. The molecule has 0 radical (unpaired) electrons. The number of nitrogens with one attached hydrogen (secondary N) is 1. The van der Waals surface area contributed by atoms with Crippen molar-refractivity contribution < 1.29 is 22.4 Å². The molecule has 1 unspecified atom stereocenters. The van der Waals surface area contributed by atoms with E-state index in [0.717, 1.165) is 35.6 Å². The lowest BCUT2D eigenvalue weighted by molar-refractivity contribution is -0.139. The molecule has 3 aromatic carbocycles. The van der Waals surface area contributed by atoms with Gasteiger partial charge in [0, 0.05) is 23.2 Å². The average molecular weight is 600 g/mol. The molecule has 0 heterocycles. The molecule has 1 aliphatic rings. The van der Waals surface area contributed by atoms with Crippen LogP contribution < -0.4 is 9.62 Å². The molecule has 0 aliphatic heterocycles. The van der Waals surface area contributed by atoms with Crippen LogP contribution in [0.5, 0.6) is 0 Å². The van der Waals surface area contributed by atoms with E-state index < -0.39 is 34.3 Å². The zero-order valence-electron chi connectivity index (χ0n) is 23.4. The van der Waals surface area contributed by atoms with Crippen molar-refractivity contribution in [3.63, 3.8) is 0 Å². The van der Waals surface area contributed by atoms with Crippen LogP contribution in [0.15, 0.2) is 71.6 Å². The summed E-state index contributed by atoms with van der Waals surface area (Å²) in [5.41, 5.74) is 1.81. The summed E-state index contributed by atoms with van der Waals surface area (Å²) >= 11 is 6.36. The molecule has 1 saturated carbocycles. The number of benzene rings is 3. The Morgan fingerprint density at radius 2 is 1.66 bits per heavy atom. The molecule has 3 aromatic rings. The molecular weight excluding hydrogens is 565 g/mol. The molecule has 1 N–H and O–H groups in total. The standard InChI is InChI=1S/C31H35ClFN3O4S/c1-21-15-17-26(18-16-21)41(39,40)36(29-14-8-12-27(32)22(29)2)20-30(37)35(19-24-9-4-7-13-28(24)33)23(3)31(38)34-25-10-5-6-11-25/h4,7-9,12-18,23,25H,5-6,10-11,19-20H2,1-3H3,(H,34,38). The van der Waals surface area contributed by atoms with Gasteiger partial charge in [0.15, 0.2) is 0 Å². The van der Waals surface area contributed by atoms with E-state index in [1.807, 2.05) is 6.92 Å². The summed E-state index contributed by atoms with van der Waals surface area (Å²) in [5.74, 6) is -1.55. The second-order valence-corrected chi connectivity index (χ2v) is 12.8. The van der Waals surface area contributed by atoms with Gasteiger partial charge < -0.3 is 10.2 Å². The number of hydrogen-bond donors (Lipinski definition) is 1. The van der Waals surface area contributed by atoms with Crippen molar-refractivity contribution in [2.24, 2.45) is 0 Å². The first-order chi connectivity index (χ1) is 19.5. The lowest BCUT2D eigenvalue weighted by atomic mass is 10.1. The van der Waals surface area contributed by atoms with Gasteiger partial charge in [-0.3, -0.25) is 13.9 Å². The van der Waals surface area contributed by atoms with Crippen molar-refractivity contribution >= 4 is 39.1 Å². The highest BCUT2D eigenvalue weighted by molar-refractivity contribution is 7.92. The molecule has 4 rings (SSSR count). The Kier molecular flexibility index (Phi) is 9.71. The van der Waals surface area contributed by atoms with Gasteiger partial charge in [-0.2, -0.15) is 0 Å². The second kappa shape index (κ2) is 13.0. The molecule has 1 fully saturated rings. The number of hydrogen-bond acceptors (Lipinski definition) is 4. The maximum absolute atomic E-state index is 14.7. The molecule has 0 saturated heterocycles. The number of nitrogens with zero attached hydrogens (tertiary/aromatic N) is 2. The minimum atomic E-state index is -4.23. The van der Waals surface area contributed by atoms with Gasteiger partial charge >= 0.3 is 0 Å². The van der Waals surface area contributed by atoms with Crippen molar-refractivity contribution in [3.05, 3.63) is 94.3 Å². The number of carbonyl (C=O) groups excluding carboxylic acids is 2. The lowest BCUT2D eigenvalue weighted by Gasteiger charge is -2.33. The molecule has 218 valence electrons. The molecular formula is C31H35ClFN3O4S. The van der Waals surface area contributed by atoms with E-state index >= 15 is 0 Å². The van der Waals surface area contributed by atoms with Crippen molar-refractivity contribution in [2.45, 2.75) is 70.0 Å². The predicted octanol–water partition coefficient (Wildman–Crippen LogP) is 5.77. The monoisotopic (exact) mass is 599 g/mol. The highest BCUT2D eigenvalue weighted by atomic mass is 35.5. The van der Waals surface area contributed by atoms with Crippen molar-refractivity contribution in [2.75, 3.05) is 10.8 Å². The van der Waals surface area contributed by atoms with Gasteiger partial charge in [-0.15, -0.1) is 0 Å². The van der Waals surface area contributed by atoms with Crippen LogP contribution in [0.4, 0.5) is 10.1 Å². The van der Waals surface area contributed by atoms with Crippen molar-refractivity contribution in [3.8, 4) is 0 Å². The first kappa shape index (κ1) is 30.5. The van der Waals surface area contributed by atoms with Crippen LogP contribution in [-0.4, -0.2) is 43.8 Å². The Balaban J connectivity index is 1.73. The molecule has 2 amide bonds. The molecule has 0 aromatic heterocycles. The zero-order chi connectivity index (χ0) is 29.7. The number of anilines is 1. The van der Waals surface area contributed by atoms with E-state index in [1.54, 1.807) is 62.4 Å². The second-order valence-electron chi connectivity index (χ2n) is 10.5. The van der Waals surface area contributed by atoms with Crippen LogP contribution in [-0.2, 0) is 26.2 Å². The van der Waals surface area contributed by atoms with Crippen LogP contribution >= 0.6 is 11.6 Å². The normalized spacial score (nSPS) is 14.5. The molecule has 10 heteroatoms. The Hall–Kier alpha value is -3.43. The minimum absolute atomic E-state index is 0.00274. The van der Waals surface area contributed by atoms with Gasteiger partial charge in [0.1, 0.15) is 18.4 Å². The summed E-state index contributed by atoms with van der Waals surface area (Å²) in [5, 5.41) is 3.34. The van der Waals surface area contributed by atoms with Crippen LogP contribution in [0.3, 0.4) is 0 Å². The minimum Gasteiger partial charge on any atom is -0.352 e. The van der Waals surface area contributed by atoms with E-state index in [1.165, 1.54) is 23.1 Å². The number of carbonyl (C=O) groups is 2. The molecule has 1 atom stereocenters. The van der Waals surface area contributed by atoms with E-state index in [9.17, 15) is 22.4 Å². The molecule has 41 heavy (non-hydrogen) atoms.